The molecule has 0 aromatic heterocycles. The Balaban J connectivity index is 2.45. The van der Waals surface area contributed by atoms with E-state index in [-0.39, 0.29) is 5.97 Å². The predicted molar refractivity (Wildman–Crippen MR) is 65.5 cm³/mol. The van der Waals surface area contributed by atoms with E-state index in [1.165, 1.54) is 16.7 Å². The zero-order valence-electron chi connectivity index (χ0n) is 10.4. The Morgan fingerprint density at radius 1 is 1.19 bits per heavy atom. The van der Waals surface area contributed by atoms with Crippen LogP contribution >= 0.6 is 0 Å². The van der Waals surface area contributed by atoms with Crippen molar-refractivity contribution in [3.8, 4) is 0 Å². The standard InChI is InChI=1S/C14H20O2/c1-4-7-16-14(15)6-5-13-9-11(2)8-12(3)10-13/h8-10H,4-7H2,1-3H3. The molecule has 0 saturated carbocycles. The Bertz CT molecular complexity index is 336. The largest absolute Gasteiger partial charge is 0.466 e. The summed E-state index contributed by atoms with van der Waals surface area (Å²) in [6, 6.07) is 6.39. The second kappa shape index (κ2) is 6.31. The lowest BCUT2D eigenvalue weighted by molar-refractivity contribution is -0.143. The number of benzene rings is 1. The van der Waals surface area contributed by atoms with Gasteiger partial charge in [0.1, 0.15) is 0 Å². The number of hydrogen-bond donors (Lipinski definition) is 0. The fourth-order valence-electron chi connectivity index (χ4n) is 1.75. The number of rotatable bonds is 5. The molecule has 0 amide bonds. The van der Waals surface area contributed by atoms with Crippen LogP contribution in [0.25, 0.3) is 0 Å². The summed E-state index contributed by atoms with van der Waals surface area (Å²) in [5, 5.41) is 0. The second-order valence-corrected chi connectivity index (χ2v) is 4.22. The molecule has 16 heavy (non-hydrogen) atoms. The molecule has 2 nitrogen and oxygen atoms in total. The van der Waals surface area contributed by atoms with E-state index >= 15 is 0 Å². The summed E-state index contributed by atoms with van der Waals surface area (Å²) in [6.45, 7) is 6.68. The molecule has 0 spiro atoms. The van der Waals surface area contributed by atoms with Crippen LogP contribution in [0.2, 0.25) is 0 Å². The van der Waals surface area contributed by atoms with Crippen molar-refractivity contribution in [2.75, 3.05) is 6.61 Å². The van der Waals surface area contributed by atoms with Crippen LogP contribution in [0.15, 0.2) is 18.2 Å². The molecule has 0 atom stereocenters. The van der Waals surface area contributed by atoms with Gasteiger partial charge in [-0.05, 0) is 32.3 Å². The van der Waals surface area contributed by atoms with Gasteiger partial charge in [-0.15, -0.1) is 0 Å². The first kappa shape index (κ1) is 12.8. The maximum atomic E-state index is 11.3. The van der Waals surface area contributed by atoms with E-state index in [0.717, 1.165) is 12.8 Å². The van der Waals surface area contributed by atoms with Crippen LogP contribution in [0, 0.1) is 13.8 Å². The van der Waals surface area contributed by atoms with E-state index in [2.05, 4.69) is 32.0 Å². The molecule has 0 saturated heterocycles. The van der Waals surface area contributed by atoms with Crippen molar-refractivity contribution in [3.05, 3.63) is 34.9 Å². The number of carbonyl (C=O) groups is 1. The Morgan fingerprint density at radius 3 is 2.38 bits per heavy atom. The molecule has 0 unspecified atom stereocenters. The first-order valence-corrected chi connectivity index (χ1v) is 5.84. The molecule has 0 radical (unpaired) electrons. The van der Waals surface area contributed by atoms with Gasteiger partial charge in [0.25, 0.3) is 0 Å². The smallest absolute Gasteiger partial charge is 0.306 e. The maximum Gasteiger partial charge on any atom is 0.306 e. The van der Waals surface area contributed by atoms with Crippen molar-refractivity contribution in [2.45, 2.75) is 40.0 Å². The van der Waals surface area contributed by atoms with Crippen molar-refractivity contribution in [3.63, 3.8) is 0 Å². The fraction of sp³-hybridized carbons (Fsp3) is 0.500. The third-order valence-corrected chi connectivity index (χ3v) is 2.37. The van der Waals surface area contributed by atoms with Crippen LogP contribution < -0.4 is 0 Å². The fourth-order valence-corrected chi connectivity index (χ4v) is 1.75. The van der Waals surface area contributed by atoms with Crippen molar-refractivity contribution in [2.24, 2.45) is 0 Å². The first-order valence-electron chi connectivity index (χ1n) is 5.84. The quantitative estimate of drug-likeness (QED) is 0.712. The molecule has 0 aliphatic carbocycles. The molecular weight excluding hydrogens is 200 g/mol. The number of aryl methyl sites for hydroxylation is 3. The van der Waals surface area contributed by atoms with Gasteiger partial charge in [0, 0.05) is 6.42 Å². The van der Waals surface area contributed by atoms with Gasteiger partial charge in [-0.2, -0.15) is 0 Å². The molecule has 0 heterocycles. The molecule has 0 aliphatic rings. The van der Waals surface area contributed by atoms with E-state index in [4.69, 9.17) is 4.74 Å². The van der Waals surface area contributed by atoms with Crippen LogP contribution in [0.1, 0.15) is 36.5 Å². The second-order valence-electron chi connectivity index (χ2n) is 4.22. The Kier molecular flexibility index (Phi) is 5.03. The van der Waals surface area contributed by atoms with Gasteiger partial charge in [0.2, 0.25) is 0 Å². The van der Waals surface area contributed by atoms with Crippen molar-refractivity contribution >= 4 is 5.97 Å². The molecule has 0 bridgehead atoms. The SMILES string of the molecule is CCCOC(=O)CCc1cc(C)cc(C)c1. The highest BCUT2D eigenvalue weighted by atomic mass is 16.5. The molecule has 1 aromatic rings. The third-order valence-electron chi connectivity index (χ3n) is 2.37. The summed E-state index contributed by atoms with van der Waals surface area (Å²) >= 11 is 0. The molecule has 2 heteroatoms. The average molecular weight is 220 g/mol. The molecular formula is C14H20O2. The topological polar surface area (TPSA) is 26.3 Å². The van der Waals surface area contributed by atoms with Gasteiger partial charge >= 0.3 is 5.97 Å². The van der Waals surface area contributed by atoms with Crippen LogP contribution in [0.3, 0.4) is 0 Å². The average Bonchev–Trinajstić information content (AvgIpc) is 2.22. The minimum Gasteiger partial charge on any atom is -0.466 e. The lowest BCUT2D eigenvalue weighted by Gasteiger charge is -2.05. The number of carbonyl (C=O) groups excluding carboxylic acids is 1. The summed E-state index contributed by atoms with van der Waals surface area (Å²) in [4.78, 5) is 11.3. The van der Waals surface area contributed by atoms with Crippen molar-refractivity contribution in [1.29, 1.82) is 0 Å². The Morgan fingerprint density at radius 2 is 1.81 bits per heavy atom. The molecule has 1 rings (SSSR count). The van der Waals surface area contributed by atoms with E-state index in [1.54, 1.807) is 0 Å². The lowest BCUT2D eigenvalue weighted by Crippen LogP contribution is -2.06. The highest BCUT2D eigenvalue weighted by molar-refractivity contribution is 5.69. The van der Waals surface area contributed by atoms with E-state index < -0.39 is 0 Å². The number of esters is 1. The van der Waals surface area contributed by atoms with E-state index in [1.807, 2.05) is 6.92 Å². The van der Waals surface area contributed by atoms with Gasteiger partial charge in [-0.1, -0.05) is 36.2 Å². The molecule has 0 aliphatic heterocycles. The van der Waals surface area contributed by atoms with Crippen molar-refractivity contribution < 1.29 is 9.53 Å². The highest BCUT2D eigenvalue weighted by Gasteiger charge is 2.03. The van der Waals surface area contributed by atoms with Gasteiger partial charge in [-0.3, -0.25) is 4.79 Å². The maximum absolute atomic E-state index is 11.3. The lowest BCUT2D eigenvalue weighted by atomic mass is 10.0. The zero-order chi connectivity index (χ0) is 12.0. The molecule has 0 N–H and O–H groups in total. The first-order chi connectivity index (χ1) is 7.61. The summed E-state index contributed by atoms with van der Waals surface area (Å²) in [5.41, 5.74) is 3.71. The number of ether oxygens (including phenoxy) is 1. The monoisotopic (exact) mass is 220 g/mol. The van der Waals surface area contributed by atoms with Crippen molar-refractivity contribution in [1.82, 2.24) is 0 Å². The summed E-state index contributed by atoms with van der Waals surface area (Å²) < 4.78 is 5.03. The summed E-state index contributed by atoms with van der Waals surface area (Å²) in [5.74, 6) is -0.0963. The van der Waals surface area contributed by atoms with Gasteiger partial charge in [-0.25, -0.2) is 0 Å². The normalized spacial score (nSPS) is 10.2. The number of hydrogen-bond acceptors (Lipinski definition) is 2. The third kappa shape index (κ3) is 4.47. The minimum atomic E-state index is -0.0963. The highest BCUT2D eigenvalue weighted by Crippen LogP contribution is 2.11. The van der Waals surface area contributed by atoms with Crippen LogP contribution in [0.4, 0.5) is 0 Å². The van der Waals surface area contributed by atoms with E-state index in [0.29, 0.717) is 13.0 Å². The van der Waals surface area contributed by atoms with Crippen LogP contribution in [-0.2, 0) is 16.0 Å². The van der Waals surface area contributed by atoms with E-state index in [9.17, 15) is 4.79 Å². The predicted octanol–water partition coefficient (Wildman–Crippen LogP) is 3.19. The molecule has 88 valence electrons. The van der Waals surface area contributed by atoms with Gasteiger partial charge in [0.05, 0.1) is 6.61 Å². The molecule has 0 fully saturated rings. The summed E-state index contributed by atoms with van der Waals surface area (Å²) in [7, 11) is 0. The van der Waals surface area contributed by atoms with Crippen LogP contribution in [-0.4, -0.2) is 12.6 Å². The minimum absolute atomic E-state index is 0.0963. The summed E-state index contributed by atoms with van der Waals surface area (Å²) in [6.07, 6.45) is 2.13. The van der Waals surface area contributed by atoms with Crippen LogP contribution in [0.5, 0.6) is 0 Å². The zero-order valence-corrected chi connectivity index (χ0v) is 10.4. The Labute approximate surface area is 97.6 Å². The van der Waals surface area contributed by atoms with Gasteiger partial charge in [0.15, 0.2) is 0 Å². The Hall–Kier alpha value is -1.31. The van der Waals surface area contributed by atoms with Gasteiger partial charge < -0.3 is 4.74 Å². The molecule has 1 aromatic carbocycles.